The highest BCUT2D eigenvalue weighted by atomic mass is 16.8. The van der Waals surface area contributed by atoms with Crippen LogP contribution in [0.3, 0.4) is 0 Å². The van der Waals surface area contributed by atoms with Crippen molar-refractivity contribution in [1.29, 1.82) is 10.5 Å². The molecule has 6 nitrogen and oxygen atoms in total. The molecule has 0 bridgehead atoms. The minimum atomic E-state index is -0.792. The molecule has 0 unspecified atom stereocenters. The van der Waals surface area contributed by atoms with E-state index in [4.69, 9.17) is 9.47 Å². The Hall–Kier alpha value is -2.74. The molecule has 2 N–H and O–H groups in total. The Balaban J connectivity index is 1.75. The fraction of sp³-hybridized carbons (Fsp3) is 0.440. The van der Waals surface area contributed by atoms with E-state index >= 15 is 0 Å². The largest absolute Gasteiger partial charge is 0.343 e. The first-order chi connectivity index (χ1) is 15.0. The lowest BCUT2D eigenvalue weighted by atomic mass is 9.95. The molecular formula is C25H30N4O2. The lowest BCUT2D eigenvalue weighted by Gasteiger charge is -2.30. The van der Waals surface area contributed by atoms with Crippen molar-refractivity contribution in [3.63, 3.8) is 0 Å². The molecule has 3 rings (SSSR count). The average Bonchev–Trinajstić information content (AvgIpc) is 3.10. The summed E-state index contributed by atoms with van der Waals surface area (Å²) in [4.78, 5) is 0. The van der Waals surface area contributed by atoms with E-state index in [2.05, 4.69) is 22.8 Å². The van der Waals surface area contributed by atoms with Gasteiger partial charge in [-0.05, 0) is 25.0 Å². The minimum absolute atomic E-state index is 0.225. The molecule has 6 heteroatoms. The molecule has 1 saturated heterocycles. The van der Waals surface area contributed by atoms with Crippen molar-refractivity contribution in [2.24, 2.45) is 0 Å². The molecule has 2 aromatic rings. The summed E-state index contributed by atoms with van der Waals surface area (Å²) in [6.45, 7) is 5.00. The van der Waals surface area contributed by atoms with E-state index < -0.39 is 5.79 Å². The zero-order valence-electron chi connectivity index (χ0n) is 18.1. The SMILES string of the molecule is CC1(C)O[C@@H]([C@H](CC#N)NCc2ccccc2)[C@H]([C@@H](CC#N)NCc2ccccc2)O1. The molecule has 1 fully saturated rings. The van der Waals surface area contributed by atoms with Gasteiger partial charge in [0.15, 0.2) is 5.79 Å². The molecular weight excluding hydrogens is 388 g/mol. The highest BCUT2D eigenvalue weighted by Gasteiger charge is 2.48. The van der Waals surface area contributed by atoms with Gasteiger partial charge in [-0.15, -0.1) is 0 Å². The first-order valence-electron chi connectivity index (χ1n) is 10.7. The first-order valence-corrected chi connectivity index (χ1v) is 10.7. The van der Waals surface area contributed by atoms with Gasteiger partial charge in [0.05, 0.1) is 25.0 Å². The van der Waals surface area contributed by atoms with Crippen LogP contribution in [0.25, 0.3) is 0 Å². The van der Waals surface area contributed by atoms with Gasteiger partial charge in [0.25, 0.3) is 0 Å². The lowest BCUT2D eigenvalue weighted by Crippen LogP contribution is -2.52. The van der Waals surface area contributed by atoms with Crippen molar-refractivity contribution in [1.82, 2.24) is 10.6 Å². The zero-order chi connectivity index (χ0) is 22.1. The number of hydrogen-bond donors (Lipinski definition) is 2. The summed E-state index contributed by atoms with van der Waals surface area (Å²) >= 11 is 0. The third kappa shape index (κ3) is 6.62. The van der Waals surface area contributed by atoms with Gasteiger partial charge in [-0.2, -0.15) is 10.5 Å². The van der Waals surface area contributed by atoms with Crippen molar-refractivity contribution < 1.29 is 9.47 Å². The Bertz CT molecular complexity index is 816. The summed E-state index contributed by atoms with van der Waals surface area (Å²) in [7, 11) is 0. The van der Waals surface area contributed by atoms with Crippen LogP contribution in [-0.4, -0.2) is 30.1 Å². The Kier molecular flexibility index (Phi) is 8.17. The lowest BCUT2D eigenvalue weighted by molar-refractivity contribution is -0.150. The summed E-state index contributed by atoms with van der Waals surface area (Å²) in [5.41, 5.74) is 2.27. The van der Waals surface area contributed by atoms with E-state index in [9.17, 15) is 10.5 Å². The van der Waals surface area contributed by atoms with Crippen LogP contribution in [0.1, 0.15) is 37.8 Å². The van der Waals surface area contributed by atoms with Crippen LogP contribution in [0, 0.1) is 22.7 Å². The van der Waals surface area contributed by atoms with Crippen molar-refractivity contribution >= 4 is 0 Å². The van der Waals surface area contributed by atoms with Gasteiger partial charge in [0.2, 0.25) is 0 Å². The third-order valence-corrected chi connectivity index (χ3v) is 5.40. The fourth-order valence-corrected chi connectivity index (χ4v) is 3.93. The van der Waals surface area contributed by atoms with E-state index in [1.54, 1.807) is 0 Å². The number of hydrogen-bond acceptors (Lipinski definition) is 6. The van der Waals surface area contributed by atoms with Crippen molar-refractivity contribution in [2.45, 2.75) is 69.9 Å². The van der Waals surface area contributed by atoms with E-state index in [1.807, 2.05) is 74.5 Å². The maximum Gasteiger partial charge on any atom is 0.163 e. The van der Waals surface area contributed by atoms with Crippen LogP contribution in [0.4, 0.5) is 0 Å². The van der Waals surface area contributed by atoms with Crippen molar-refractivity contribution in [3.05, 3.63) is 71.8 Å². The molecule has 2 aromatic carbocycles. The second kappa shape index (κ2) is 11.0. The fourth-order valence-electron chi connectivity index (χ4n) is 3.93. The molecule has 0 amide bonds. The van der Waals surface area contributed by atoms with Gasteiger partial charge in [-0.3, -0.25) is 0 Å². The normalized spacial score (nSPS) is 21.7. The van der Waals surface area contributed by atoms with Crippen molar-refractivity contribution in [2.75, 3.05) is 0 Å². The van der Waals surface area contributed by atoms with E-state index in [0.29, 0.717) is 13.1 Å². The molecule has 1 heterocycles. The average molecular weight is 419 g/mol. The van der Waals surface area contributed by atoms with E-state index in [-0.39, 0.29) is 37.1 Å². The number of nitrogens with one attached hydrogen (secondary N) is 2. The van der Waals surface area contributed by atoms with Gasteiger partial charge >= 0.3 is 0 Å². The van der Waals surface area contributed by atoms with Crippen LogP contribution in [0.2, 0.25) is 0 Å². The summed E-state index contributed by atoms with van der Waals surface area (Å²) in [6, 6.07) is 24.2. The van der Waals surface area contributed by atoms with E-state index in [0.717, 1.165) is 11.1 Å². The molecule has 1 aliphatic rings. The second-order valence-corrected chi connectivity index (χ2v) is 8.24. The number of ether oxygens (including phenoxy) is 2. The molecule has 0 saturated carbocycles. The Morgan fingerprint density at radius 2 is 1.16 bits per heavy atom. The third-order valence-electron chi connectivity index (χ3n) is 5.40. The van der Waals surface area contributed by atoms with Crippen LogP contribution in [0.5, 0.6) is 0 Å². The number of benzene rings is 2. The number of rotatable bonds is 10. The monoisotopic (exact) mass is 418 g/mol. The van der Waals surface area contributed by atoms with Gasteiger partial charge in [-0.1, -0.05) is 60.7 Å². The van der Waals surface area contributed by atoms with Crippen LogP contribution in [-0.2, 0) is 22.6 Å². The Morgan fingerprint density at radius 1 is 0.774 bits per heavy atom. The van der Waals surface area contributed by atoms with Gasteiger partial charge in [0.1, 0.15) is 12.2 Å². The summed E-state index contributed by atoms with van der Waals surface area (Å²) in [5, 5.41) is 25.9. The summed E-state index contributed by atoms with van der Waals surface area (Å²) in [6.07, 6.45) is -0.156. The zero-order valence-corrected chi connectivity index (χ0v) is 18.1. The van der Waals surface area contributed by atoms with E-state index in [1.165, 1.54) is 0 Å². The minimum Gasteiger partial charge on any atom is -0.343 e. The van der Waals surface area contributed by atoms with Gasteiger partial charge in [-0.25, -0.2) is 0 Å². The van der Waals surface area contributed by atoms with Crippen LogP contribution in [0.15, 0.2) is 60.7 Å². The topological polar surface area (TPSA) is 90.1 Å². The smallest absolute Gasteiger partial charge is 0.163 e. The van der Waals surface area contributed by atoms with Crippen LogP contribution < -0.4 is 10.6 Å². The molecule has 0 aliphatic carbocycles. The predicted octanol–water partition coefficient (Wildman–Crippen LogP) is 3.65. The predicted molar refractivity (Wildman–Crippen MR) is 118 cm³/mol. The molecule has 0 radical (unpaired) electrons. The molecule has 0 aromatic heterocycles. The highest BCUT2D eigenvalue weighted by molar-refractivity contribution is 5.16. The standard InChI is InChI=1S/C25H30N4O2/c1-25(2)30-23(21(13-15-26)28-17-19-9-5-3-6-10-19)24(31-25)22(14-16-27)29-18-20-11-7-4-8-12-20/h3-12,21-24,28-29H,13-14,17-18H2,1-2H3/t21-,22+,23-,24-/m0/s1. The molecule has 31 heavy (non-hydrogen) atoms. The quantitative estimate of drug-likeness (QED) is 0.612. The maximum atomic E-state index is 9.45. The van der Waals surface area contributed by atoms with Gasteiger partial charge in [0, 0.05) is 25.2 Å². The van der Waals surface area contributed by atoms with Gasteiger partial charge < -0.3 is 20.1 Å². The molecule has 1 aliphatic heterocycles. The molecule has 4 atom stereocenters. The summed E-state index contributed by atoms with van der Waals surface area (Å²) < 4.78 is 12.5. The second-order valence-electron chi connectivity index (χ2n) is 8.24. The first kappa shape index (κ1) is 22.9. The van der Waals surface area contributed by atoms with Crippen LogP contribution >= 0.6 is 0 Å². The summed E-state index contributed by atoms with van der Waals surface area (Å²) in [5.74, 6) is -0.792. The number of nitriles is 2. The Labute approximate surface area is 184 Å². The molecule has 162 valence electrons. The highest BCUT2D eigenvalue weighted by Crippen LogP contribution is 2.33. The van der Waals surface area contributed by atoms with Crippen molar-refractivity contribution in [3.8, 4) is 12.1 Å². The number of nitrogens with zero attached hydrogens (tertiary/aromatic N) is 2. The maximum absolute atomic E-state index is 9.45. The molecule has 0 spiro atoms. The Morgan fingerprint density at radius 3 is 1.52 bits per heavy atom.